The minimum Gasteiger partial charge on any atom is -0.192 e. The van der Waals surface area contributed by atoms with E-state index in [1.807, 2.05) is 0 Å². The van der Waals surface area contributed by atoms with Gasteiger partial charge in [-0.3, -0.25) is 0 Å². The molecule has 30 heavy (non-hydrogen) atoms. The average Bonchev–Trinajstić information content (AvgIpc) is 2.42. The second-order valence-corrected chi connectivity index (χ2v) is 6.41. The lowest BCUT2D eigenvalue weighted by Crippen LogP contribution is -2.73. The third-order valence-corrected chi connectivity index (χ3v) is 3.79. The van der Waals surface area contributed by atoms with Crippen LogP contribution in [0.25, 0.3) is 0 Å². The molecule has 0 radical (unpaired) electrons. The molecular formula is C8F18O3S. The molecule has 0 heterocycles. The van der Waals surface area contributed by atoms with Crippen LogP contribution >= 0.6 is 0 Å². The smallest absolute Gasteiger partial charge is 0.192 e. The zero-order valence-corrected chi connectivity index (χ0v) is 13.3. The summed E-state index contributed by atoms with van der Waals surface area (Å²) >= 11 is 0. The topological polar surface area (TPSA) is 43.4 Å². The standard InChI is InChI=1S/C8F18O3S/c9-1(10,2(11,12)4(15,16)6(19,20)21)3(13,14)5(17,18)7(22,23)29-30(27,28)8(24,25)26. The lowest BCUT2D eigenvalue weighted by molar-refractivity contribution is -0.465. The molecule has 0 saturated heterocycles. The Bertz CT molecular complexity index is 742. The fourth-order valence-electron chi connectivity index (χ4n) is 1.19. The quantitative estimate of drug-likeness (QED) is 0.265. The van der Waals surface area contributed by atoms with E-state index in [4.69, 9.17) is 0 Å². The van der Waals surface area contributed by atoms with Crippen molar-refractivity contribution in [2.45, 2.75) is 47.4 Å². The van der Waals surface area contributed by atoms with Crippen molar-refractivity contribution in [2.24, 2.45) is 0 Å². The first-order valence-corrected chi connectivity index (χ1v) is 7.22. The summed E-state index contributed by atoms with van der Waals surface area (Å²) in [5, 5.41) is 0. The summed E-state index contributed by atoms with van der Waals surface area (Å²) in [7, 11) is -8.06. The number of hydrogen-bond acceptors (Lipinski definition) is 3. The van der Waals surface area contributed by atoms with E-state index >= 15 is 0 Å². The van der Waals surface area contributed by atoms with E-state index in [-0.39, 0.29) is 0 Å². The van der Waals surface area contributed by atoms with Gasteiger partial charge >= 0.3 is 57.5 Å². The van der Waals surface area contributed by atoms with Crippen LogP contribution in [0.15, 0.2) is 0 Å². The Morgan fingerprint density at radius 3 is 0.967 bits per heavy atom. The third-order valence-electron chi connectivity index (χ3n) is 2.80. The van der Waals surface area contributed by atoms with Gasteiger partial charge in [0.15, 0.2) is 0 Å². The highest BCUT2D eigenvalue weighted by molar-refractivity contribution is 7.87. The van der Waals surface area contributed by atoms with Crippen molar-refractivity contribution >= 4 is 10.1 Å². The van der Waals surface area contributed by atoms with Gasteiger partial charge in [-0.15, -0.1) is 0 Å². The average molecular weight is 518 g/mol. The van der Waals surface area contributed by atoms with Crippen LogP contribution in [0.1, 0.15) is 0 Å². The van der Waals surface area contributed by atoms with Gasteiger partial charge in [0.1, 0.15) is 0 Å². The Hall–Kier alpha value is -1.35. The van der Waals surface area contributed by atoms with Gasteiger partial charge in [-0.1, -0.05) is 0 Å². The fraction of sp³-hybridized carbons (Fsp3) is 1.00. The minimum atomic E-state index is -8.79. The summed E-state index contributed by atoms with van der Waals surface area (Å²) in [6.07, 6.45) is -15.9. The minimum absolute atomic E-state index is 1.30. The predicted molar refractivity (Wildman–Crippen MR) is 51.8 cm³/mol. The van der Waals surface area contributed by atoms with Gasteiger partial charge in [0.25, 0.3) is 0 Å². The lowest BCUT2D eigenvalue weighted by Gasteiger charge is -2.40. The molecular weight excluding hydrogens is 518 g/mol. The molecule has 22 heteroatoms. The van der Waals surface area contributed by atoms with Gasteiger partial charge < -0.3 is 0 Å². The molecule has 0 aromatic carbocycles. The van der Waals surface area contributed by atoms with Crippen LogP contribution < -0.4 is 0 Å². The molecule has 0 aliphatic rings. The Balaban J connectivity index is 6.63. The van der Waals surface area contributed by atoms with Crippen LogP contribution in [0.4, 0.5) is 79.0 Å². The normalized spacial score (nSPS) is 16.7. The molecule has 0 spiro atoms. The van der Waals surface area contributed by atoms with Crippen LogP contribution in [-0.2, 0) is 14.3 Å². The van der Waals surface area contributed by atoms with Gasteiger partial charge in [-0.2, -0.15) is 91.6 Å². The van der Waals surface area contributed by atoms with E-state index in [0.717, 1.165) is 0 Å². The second-order valence-electron chi connectivity index (χ2n) is 4.87. The molecule has 0 aliphatic carbocycles. The van der Waals surface area contributed by atoms with Crippen molar-refractivity contribution in [3.05, 3.63) is 0 Å². The summed E-state index contributed by atoms with van der Waals surface area (Å²) in [5.74, 6) is -43.0. The fourth-order valence-corrected chi connectivity index (χ4v) is 1.66. The van der Waals surface area contributed by atoms with E-state index in [9.17, 15) is 87.4 Å². The first-order chi connectivity index (χ1) is 12.5. The highest BCUT2D eigenvalue weighted by Gasteiger charge is 2.94. The highest BCUT2D eigenvalue weighted by Crippen LogP contribution is 2.62. The van der Waals surface area contributed by atoms with Crippen molar-refractivity contribution in [2.75, 3.05) is 0 Å². The van der Waals surface area contributed by atoms with E-state index in [0.29, 0.717) is 0 Å². The molecule has 0 aromatic rings. The summed E-state index contributed by atoms with van der Waals surface area (Å²) in [6, 6.07) is 0. The summed E-state index contributed by atoms with van der Waals surface area (Å²) < 4.78 is 247. The summed E-state index contributed by atoms with van der Waals surface area (Å²) in [4.78, 5) is 0. The molecule has 0 fully saturated rings. The van der Waals surface area contributed by atoms with Crippen molar-refractivity contribution in [1.82, 2.24) is 0 Å². The third kappa shape index (κ3) is 3.83. The zero-order chi connectivity index (χ0) is 25.2. The van der Waals surface area contributed by atoms with Gasteiger partial charge in [0.2, 0.25) is 0 Å². The predicted octanol–water partition coefficient (Wildman–Crippen LogP) is 5.18. The van der Waals surface area contributed by atoms with E-state index in [1.165, 1.54) is 4.18 Å². The molecule has 0 saturated carbocycles. The lowest BCUT2D eigenvalue weighted by atomic mass is 9.93. The maximum Gasteiger partial charge on any atom is 0.523 e. The Labute approximate surface area is 150 Å². The second kappa shape index (κ2) is 6.82. The molecule has 0 aromatic heterocycles. The Kier molecular flexibility index (Phi) is 6.52. The van der Waals surface area contributed by atoms with Crippen LogP contribution in [-0.4, -0.2) is 55.8 Å². The van der Waals surface area contributed by atoms with Crippen LogP contribution in [0.2, 0.25) is 0 Å². The zero-order valence-electron chi connectivity index (χ0n) is 12.4. The SMILES string of the molecule is O=S(=O)(OC(F)(F)C(F)(F)C(F)(F)C(F)(F)C(F)(F)C(F)(F)C(F)(F)F)C(F)(F)F. The molecule has 182 valence electrons. The molecule has 3 nitrogen and oxygen atoms in total. The Morgan fingerprint density at radius 2 is 0.700 bits per heavy atom. The largest absolute Gasteiger partial charge is 0.523 e. The van der Waals surface area contributed by atoms with E-state index in [1.54, 1.807) is 0 Å². The maximum atomic E-state index is 13.0. The molecule has 0 rings (SSSR count). The van der Waals surface area contributed by atoms with Gasteiger partial charge in [-0.05, 0) is 0 Å². The van der Waals surface area contributed by atoms with Gasteiger partial charge in [0.05, 0.1) is 0 Å². The van der Waals surface area contributed by atoms with Crippen LogP contribution in [0, 0.1) is 0 Å². The van der Waals surface area contributed by atoms with E-state index in [2.05, 4.69) is 0 Å². The van der Waals surface area contributed by atoms with Crippen molar-refractivity contribution < 1.29 is 91.6 Å². The molecule has 0 bridgehead atoms. The molecule has 0 amide bonds. The van der Waals surface area contributed by atoms with Crippen molar-refractivity contribution in [1.29, 1.82) is 0 Å². The van der Waals surface area contributed by atoms with Crippen molar-refractivity contribution in [3.8, 4) is 0 Å². The first-order valence-electron chi connectivity index (χ1n) is 5.81. The monoisotopic (exact) mass is 518 g/mol. The molecule has 0 N–H and O–H groups in total. The number of halogens is 18. The maximum absolute atomic E-state index is 13.0. The van der Waals surface area contributed by atoms with Crippen LogP contribution in [0.3, 0.4) is 0 Å². The number of rotatable bonds is 7. The molecule has 0 unspecified atom stereocenters. The highest BCUT2D eigenvalue weighted by atomic mass is 32.2. The van der Waals surface area contributed by atoms with Gasteiger partial charge in [0, 0.05) is 0 Å². The van der Waals surface area contributed by atoms with E-state index < -0.39 is 57.5 Å². The van der Waals surface area contributed by atoms with Crippen LogP contribution in [0.5, 0.6) is 0 Å². The van der Waals surface area contributed by atoms with Gasteiger partial charge in [-0.25, -0.2) is 0 Å². The molecule has 0 aliphatic heterocycles. The van der Waals surface area contributed by atoms with Crippen molar-refractivity contribution in [3.63, 3.8) is 0 Å². The molecule has 0 atom stereocenters. The summed E-state index contributed by atoms with van der Waals surface area (Å²) in [6.45, 7) is 0. The Morgan fingerprint density at radius 1 is 0.433 bits per heavy atom. The first kappa shape index (κ1) is 28.6. The summed E-state index contributed by atoms with van der Waals surface area (Å²) in [5.41, 5.74) is -7.13. The number of hydrogen-bond donors (Lipinski definition) is 0. The number of alkyl halides is 18.